The number of aromatic carboxylic acids is 1. The summed E-state index contributed by atoms with van der Waals surface area (Å²) in [5.41, 5.74) is 1.00. The van der Waals surface area contributed by atoms with Crippen molar-refractivity contribution in [2.45, 2.75) is 13.0 Å². The number of piperazine rings is 1. The van der Waals surface area contributed by atoms with E-state index in [2.05, 4.69) is 0 Å². The summed E-state index contributed by atoms with van der Waals surface area (Å²) in [6.07, 6.45) is 0. The van der Waals surface area contributed by atoms with Crippen LogP contribution in [-0.4, -0.2) is 64.1 Å². The topological polar surface area (TPSA) is 95.0 Å². The fraction of sp³-hybridized carbons (Fsp3) is 0.200. The number of rotatable bonds is 4. The van der Waals surface area contributed by atoms with Gasteiger partial charge in [-0.2, -0.15) is 0 Å². The van der Waals surface area contributed by atoms with Crippen LogP contribution in [-0.2, 0) is 4.79 Å². The Hall–Kier alpha value is -4.00. The molecule has 1 aliphatic rings. The van der Waals surface area contributed by atoms with Crippen LogP contribution in [0.4, 0.5) is 0 Å². The quantitative estimate of drug-likeness (QED) is 0.507. The molecule has 1 aliphatic heterocycles. The number of hydrogen-bond acceptors (Lipinski definition) is 4. The molecule has 2 amide bonds. The van der Waals surface area contributed by atoms with Gasteiger partial charge in [-0.1, -0.05) is 36.4 Å². The molecule has 0 unspecified atom stereocenters. The largest absolute Gasteiger partial charge is 0.478 e. The summed E-state index contributed by atoms with van der Waals surface area (Å²) in [5.74, 6) is -2.35. The molecule has 0 radical (unpaired) electrons. The lowest BCUT2D eigenvalue weighted by Gasteiger charge is -2.39. The second kappa shape index (κ2) is 8.63. The van der Waals surface area contributed by atoms with Crippen LogP contribution >= 0.6 is 0 Å². The maximum Gasteiger partial charge on any atom is 0.335 e. The van der Waals surface area contributed by atoms with Gasteiger partial charge in [-0.25, -0.2) is 4.79 Å². The zero-order chi connectivity index (χ0) is 22.8. The van der Waals surface area contributed by atoms with Crippen LogP contribution in [0.15, 0.2) is 66.7 Å². The van der Waals surface area contributed by atoms with Crippen molar-refractivity contribution in [1.29, 1.82) is 0 Å². The summed E-state index contributed by atoms with van der Waals surface area (Å²) < 4.78 is 0. The molecule has 7 nitrogen and oxygen atoms in total. The van der Waals surface area contributed by atoms with Gasteiger partial charge < -0.3 is 14.9 Å². The van der Waals surface area contributed by atoms with Crippen molar-refractivity contribution >= 4 is 34.3 Å². The number of amides is 2. The van der Waals surface area contributed by atoms with E-state index in [-0.39, 0.29) is 29.6 Å². The molecule has 7 heteroatoms. The Morgan fingerprint density at radius 2 is 1.44 bits per heavy atom. The molecule has 3 aromatic carbocycles. The molecule has 1 N–H and O–H groups in total. The van der Waals surface area contributed by atoms with Crippen molar-refractivity contribution in [3.8, 4) is 0 Å². The number of hydrogen-bond donors (Lipinski definition) is 1. The van der Waals surface area contributed by atoms with Crippen LogP contribution in [0.25, 0.3) is 10.8 Å². The van der Waals surface area contributed by atoms with Gasteiger partial charge in [0.2, 0.25) is 5.78 Å². The van der Waals surface area contributed by atoms with Gasteiger partial charge in [0.1, 0.15) is 0 Å². The molecule has 0 aliphatic carbocycles. The molecule has 32 heavy (non-hydrogen) atoms. The number of fused-ring (bicyclic) bond motifs is 1. The van der Waals surface area contributed by atoms with Gasteiger partial charge in [-0.05, 0) is 48.0 Å². The average molecular weight is 430 g/mol. The lowest BCUT2D eigenvalue weighted by Crippen LogP contribution is -2.56. The fourth-order valence-electron chi connectivity index (χ4n) is 3.98. The Labute approximate surface area is 184 Å². The SMILES string of the molecule is C[C@@H]1CN(C(=O)c2ccccc2)CCN1C(=O)C(=O)c1ccc2cc(C(=O)O)ccc2c1. The van der Waals surface area contributed by atoms with Crippen molar-refractivity contribution in [3.63, 3.8) is 0 Å². The van der Waals surface area contributed by atoms with Crippen LogP contribution in [0, 0.1) is 0 Å². The zero-order valence-electron chi connectivity index (χ0n) is 17.5. The van der Waals surface area contributed by atoms with Gasteiger partial charge in [-0.3, -0.25) is 14.4 Å². The monoisotopic (exact) mass is 430 g/mol. The summed E-state index contributed by atoms with van der Waals surface area (Å²) in [6, 6.07) is 18.1. The molecule has 0 aromatic heterocycles. The molecular formula is C25H22N2O5. The molecule has 3 aromatic rings. The maximum atomic E-state index is 12.9. The number of nitrogens with zero attached hydrogens (tertiary/aromatic N) is 2. The van der Waals surface area contributed by atoms with E-state index in [1.165, 1.54) is 23.1 Å². The van der Waals surface area contributed by atoms with E-state index in [9.17, 15) is 19.2 Å². The summed E-state index contributed by atoms with van der Waals surface area (Å²) in [7, 11) is 0. The van der Waals surface area contributed by atoms with Gasteiger partial charge in [0.05, 0.1) is 5.56 Å². The van der Waals surface area contributed by atoms with E-state index in [0.717, 1.165) is 0 Å². The standard InChI is InChI=1S/C25H22N2O5/c1-16-15-26(23(29)17-5-3-2-4-6-17)11-12-27(16)24(30)22(28)20-9-7-19-14-21(25(31)32)10-8-18(19)13-20/h2-10,13-14,16H,11-12,15H2,1H3,(H,31,32)/t16-/m1/s1. The van der Waals surface area contributed by atoms with Crippen molar-refractivity contribution < 1.29 is 24.3 Å². The zero-order valence-corrected chi connectivity index (χ0v) is 17.5. The first-order valence-electron chi connectivity index (χ1n) is 10.3. The highest BCUT2D eigenvalue weighted by molar-refractivity contribution is 6.43. The van der Waals surface area contributed by atoms with Gasteiger partial charge >= 0.3 is 5.97 Å². The first kappa shape index (κ1) is 21.2. The minimum absolute atomic E-state index is 0.0915. The summed E-state index contributed by atoms with van der Waals surface area (Å²) in [6.45, 7) is 2.80. The Morgan fingerprint density at radius 3 is 2.06 bits per heavy atom. The Kier molecular flexibility index (Phi) is 5.73. The second-order valence-electron chi connectivity index (χ2n) is 7.88. The van der Waals surface area contributed by atoms with E-state index in [1.54, 1.807) is 47.4 Å². The highest BCUT2D eigenvalue weighted by Crippen LogP contribution is 2.20. The second-order valence-corrected chi connectivity index (χ2v) is 7.88. The summed E-state index contributed by atoms with van der Waals surface area (Å²) in [5, 5.41) is 10.5. The smallest absolute Gasteiger partial charge is 0.335 e. The highest BCUT2D eigenvalue weighted by Gasteiger charge is 2.33. The number of carboxylic acids is 1. The van der Waals surface area contributed by atoms with Gasteiger partial charge in [-0.15, -0.1) is 0 Å². The molecule has 1 saturated heterocycles. The van der Waals surface area contributed by atoms with E-state index in [0.29, 0.717) is 29.4 Å². The number of ketones is 1. The van der Waals surface area contributed by atoms with Crippen molar-refractivity contribution in [2.75, 3.05) is 19.6 Å². The van der Waals surface area contributed by atoms with Gasteiger partial charge in [0, 0.05) is 36.8 Å². The van der Waals surface area contributed by atoms with Crippen molar-refractivity contribution in [1.82, 2.24) is 9.80 Å². The first-order valence-corrected chi connectivity index (χ1v) is 10.3. The number of carbonyl (C=O) groups is 4. The molecule has 0 saturated carbocycles. The Morgan fingerprint density at radius 1 is 0.812 bits per heavy atom. The van der Waals surface area contributed by atoms with E-state index < -0.39 is 17.7 Å². The van der Waals surface area contributed by atoms with E-state index in [4.69, 9.17) is 5.11 Å². The predicted octanol–water partition coefficient (Wildman–Crippen LogP) is 3.09. The third kappa shape index (κ3) is 4.09. The van der Waals surface area contributed by atoms with E-state index >= 15 is 0 Å². The molecule has 4 rings (SSSR count). The Balaban J connectivity index is 1.47. The molecule has 0 bridgehead atoms. The van der Waals surface area contributed by atoms with Crippen molar-refractivity contribution in [2.24, 2.45) is 0 Å². The van der Waals surface area contributed by atoms with Gasteiger partial charge in [0.25, 0.3) is 11.8 Å². The number of Topliss-reactive ketones (excluding diaryl/α,β-unsaturated/α-hetero) is 1. The number of benzene rings is 3. The fourth-order valence-corrected chi connectivity index (χ4v) is 3.98. The minimum atomic E-state index is -1.03. The normalized spacial score (nSPS) is 16.1. The van der Waals surface area contributed by atoms with E-state index in [1.807, 2.05) is 13.0 Å². The highest BCUT2D eigenvalue weighted by atomic mass is 16.4. The molecule has 0 spiro atoms. The Bertz CT molecular complexity index is 1220. The number of carboxylic acid groups (broad SMARTS) is 1. The predicted molar refractivity (Wildman–Crippen MR) is 119 cm³/mol. The minimum Gasteiger partial charge on any atom is -0.478 e. The lowest BCUT2D eigenvalue weighted by molar-refractivity contribution is -0.130. The lowest BCUT2D eigenvalue weighted by atomic mass is 10.0. The maximum absolute atomic E-state index is 12.9. The third-order valence-corrected chi connectivity index (χ3v) is 5.74. The summed E-state index contributed by atoms with van der Waals surface area (Å²) >= 11 is 0. The molecule has 1 heterocycles. The van der Waals surface area contributed by atoms with Crippen LogP contribution in [0.1, 0.15) is 38.0 Å². The van der Waals surface area contributed by atoms with Crippen LogP contribution in [0.2, 0.25) is 0 Å². The van der Waals surface area contributed by atoms with Crippen LogP contribution in [0.3, 0.4) is 0 Å². The third-order valence-electron chi connectivity index (χ3n) is 5.74. The molecule has 1 atom stereocenters. The van der Waals surface area contributed by atoms with Crippen molar-refractivity contribution in [3.05, 3.63) is 83.4 Å². The first-order chi connectivity index (χ1) is 15.3. The van der Waals surface area contributed by atoms with Gasteiger partial charge in [0.15, 0.2) is 0 Å². The molecular weight excluding hydrogens is 408 g/mol. The van der Waals surface area contributed by atoms with Crippen LogP contribution < -0.4 is 0 Å². The summed E-state index contributed by atoms with van der Waals surface area (Å²) in [4.78, 5) is 52.8. The number of carbonyl (C=O) groups excluding carboxylic acids is 3. The average Bonchev–Trinajstić information content (AvgIpc) is 2.82. The molecule has 1 fully saturated rings. The van der Waals surface area contributed by atoms with Crippen LogP contribution in [0.5, 0.6) is 0 Å². The molecule has 162 valence electrons.